The normalized spacial score (nSPS) is 31.4. The van der Waals surface area contributed by atoms with Crippen molar-refractivity contribution in [3.8, 4) is 0 Å². The standard InChI is InChI=1S/C16H22F3NO/c1-9-10(2)21-11(3)14(9)15(20-4)12-5-7-13(8-6-12)16(17,18)19/h5-11,14-15,20H,1-4H3. The Morgan fingerprint density at radius 1 is 1.05 bits per heavy atom. The molecule has 5 unspecified atom stereocenters. The Bertz CT molecular complexity index is 471. The molecule has 5 atom stereocenters. The third kappa shape index (κ3) is 3.24. The maximum absolute atomic E-state index is 12.6. The SMILES string of the molecule is CNC(c1ccc(C(F)(F)F)cc1)C1C(C)OC(C)C1C. The maximum Gasteiger partial charge on any atom is 0.416 e. The average Bonchev–Trinajstić information content (AvgIpc) is 2.66. The van der Waals surface area contributed by atoms with Crippen LogP contribution in [0.4, 0.5) is 13.2 Å². The van der Waals surface area contributed by atoms with Gasteiger partial charge in [0.25, 0.3) is 0 Å². The lowest BCUT2D eigenvalue weighted by molar-refractivity contribution is -0.137. The Balaban J connectivity index is 2.26. The van der Waals surface area contributed by atoms with Crippen LogP contribution < -0.4 is 5.32 Å². The number of nitrogens with one attached hydrogen (secondary N) is 1. The number of benzene rings is 1. The molecule has 1 aromatic carbocycles. The Kier molecular flexibility index (Phi) is 4.63. The smallest absolute Gasteiger partial charge is 0.375 e. The van der Waals surface area contributed by atoms with E-state index in [1.807, 2.05) is 20.9 Å². The molecule has 2 nitrogen and oxygen atoms in total. The van der Waals surface area contributed by atoms with Crippen LogP contribution in [0.5, 0.6) is 0 Å². The van der Waals surface area contributed by atoms with Crippen molar-refractivity contribution in [2.45, 2.75) is 45.2 Å². The fourth-order valence-corrected chi connectivity index (χ4v) is 3.33. The molecule has 1 N–H and O–H groups in total. The van der Waals surface area contributed by atoms with Crippen LogP contribution in [0.2, 0.25) is 0 Å². The largest absolute Gasteiger partial charge is 0.416 e. The molecule has 0 bridgehead atoms. The summed E-state index contributed by atoms with van der Waals surface area (Å²) in [4.78, 5) is 0. The molecule has 118 valence electrons. The fourth-order valence-electron chi connectivity index (χ4n) is 3.33. The molecule has 0 aromatic heterocycles. The van der Waals surface area contributed by atoms with E-state index in [4.69, 9.17) is 4.74 Å². The molecule has 1 fully saturated rings. The molecule has 2 rings (SSSR count). The second-order valence-corrected chi connectivity index (χ2v) is 5.87. The van der Waals surface area contributed by atoms with E-state index in [-0.39, 0.29) is 24.2 Å². The van der Waals surface area contributed by atoms with Crippen LogP contribution in [-0.4, -0.2) is 19.3 Å². The third-order valence-electron chi connectivity index (χ3n) is 4.61. The zero-order chi connectivity index (χ0) is 15.8. The molecule has 0 aliphatic carbocycles. The van der Waals surface area contributed by atoms with Crippen molar-refractivity contribution in [2.75, 3.05) is 7.05 Å². The van der Waals surface area contributed by atoms with E-state index in [0.29, 0.717) is 5.92 Å². The van der Waals surface area contributed by atoms with Crippen LogP contribution in [0.25, 0.3) is 0 Å². The monoisotopic (exact) mass is 301 g/mol. The first-order chi connectivity index (χ1) is 9.75. The topological polar surface area (TPSA) is 21.3 Å². The van der Waals surface area contributed by atoms with Gasteiger partial charge in [0.2, 0.25) is 0 Å². The summed E-state index contributed by atoms with van der Waals surface area (Å²) in [6, 6.07) is 5.41. The van der Waals surface area contributed by atoms with Gasteiger partial charge in [0.1, 0.15) is 0 Å². The van der Waals surface area contributed by atoms with Gasteiger partial charge < -0.3 is 10.1 Å². The van der Waals surface area contributed by atoms with Gasteiger partial charge in [-0.2, -0.15) is 13.2 Å². The van der Waals surface area contributed by atoms with Crippen molar-refractivity contribution in [2.24, 2.45) is 11.8 Å². The van der Waals surface area contributed by atoms with E-state index in [9.17, 15) is 13.2 Å². The summed E-state index contributed by atoms with van der Waals surface area (Å²) in [6.45, 7) is 6.20. The van der Waals surface area contributed by atoms with Crippen LogP contribution >= 0.6 is 0 Å². The highest BCUT2D eigenvalue weighted by Crippen LogP contribution is 2.41. The summed E-state index contributed by atoms with van der Waals surface area (Å²) in [6.07, 6.45) is -4.05. The number of hydrogen-bond donors (Lipinski definition) is 1. The highest BCUT2D eigenvalue weighted by atomic mass is 19.4. The highest BCUT2D eigenvalue weighted by molar-refractivity contribution is 5.27. The van der Waals surface area contributed by atoms with E-state index >= 15 is 0 Å². The molecule has 1 aliphatic heterocycles. The van der Waals surface area contributed by atoms with Gasteiger partial charge in [-0.05, 0) is 44.5 Å². The van der Waals surface area contributed by atoms with Crippen molar-refractivity contribution in [1.82, 2.24) is 5.32 Å². The van der Waals surface area contributed by atoms with E-state index in [0.717, 1.165) is 17.7 Å². The summed E-state index contributed by atoms with van der Waals surface area (Å²) in [7, 11) is 1.84. The van der Waals surface area contributed by atoms with Crippen LogP contribution in [0.1, 0.15) is 37.9 Å². The Morgan fingerprint density at radius 2 is 1.62 bits per heavy atom. The highest BCUT2D eigenvalue weighted by Gasteiger charge is 2.41. The fraction of sp³-hybridized carbons (Fsp3) is 0.625. The third-order valence-corrected chi connectivity index (χ3v) is 4.61. The minimum atomic E-state index is -4.29. The van der Waals surface area contributed by atoms with Crippen LogP contribution in [0.15, 0.2) is 24.3 Å². The zero-order valence-corrected chi connectivity index (χ0v) is 12.7. The van der Waals surface area contributed by atoms with Gasteiger partial charge >= 0.3 is 6.18 Å². The van der Waals surface area contributed by atoms with Crippen molar-refractivity contribution in [1.29, 1.82) is 0 Å². The van der Waals surface area contributed by atoms with Crippen LogP contribution in [0.3, 0.4) is 0 Å². The lowest BCUT2D eigenvalue weighted by Crippen LogP contribution is -2.33. The minimum absolute atomic E-state index is 0.0118. The zero-order valence-electron chi connectivity index (χ0n) is 12.7. The number of rotatable bonds is 3. The maximum atomic E-state index is 12.6. The van der Waals surface area contributed by atoms with Crippen LogP contribution in [0, 0.1) is 11.8 Å². The molecule has 5 heteroatoms. The lowest BCUT2D eigenvalue weighted by Gasteiger charge is -2.29. The van der Waals surface area contributed by atoms with Crippen molar-refractivity contribution < 1.29 is 17.9 Å². The first kappa shape index (κ1) is 16.3. The van der Waals surface area contributed by atoms with Crippen LogP contribution in [-0.2, 0) is 10.9 Å². The first-order valence-corrected chi connectivity index (χ1v) is 7.25. The second-order valence-electron chi connectivity index (χ2n) is 5.87. The predicted molar refractivity (Wildman–Crippen MR) is 75.9 cm³/mol. The molecule has 0 amide bonds. The van der Waals surface area contributed by atoms with E-state index in [1.54, 1.807) is 12.1 Å². The molecule has 21 heavy (non-hydrogen) atoms. The lowest BCUT2D eigenvalue weighted by atomic mass is 9.80. The summed E-state index contributed by atoms with van der Waals surface area (Å²) >= 11 is 0. The number of halogens is 3. The Hall–Kier alpha value is -1.07. The molecule has 0 radical (unpaired) electrons. The molecule has 1 aromatic rings. The van der Waals surface area contributed by atoms with Gasteiger partial charge in [0, 0.05) is 12.0 Å². The summed E-state index contributed by atoms with van der Waals surface area (Å²) in [5.74, 6) is 0.585. The molecule has 0 saturated carbocycles. The summed E-state index contributed by atoms with van der Waals surface area (Å²) in [5.41, 5.74) is 0.255. The number of ether oxygens (including phenoxy) is 1. The van der Waals surface area contributed by atoms with Crippen molar-refractivity contribution in [3.05, 3.63) is 35.4 Å². The van der Waals surface area contributed by atoms with Gasteiger partial charge in [-0.1, -0.05) is 19.1 Å². The van der Waals surface area contributed by atoms with Gasteiger partial charge in [0.05, 0.1) is 17.8 Å². The predicted octanol–water partition coefficient (Wildman–Crippen LogP) is 4.03. The van der Waals surface area contributed by atoms with Crippen molar-refractivity contribution in [3.63, 3.8) is 0 Å². The summed E-state index contributed by atoms with van der Waals surface area (Å²) in [5, 5.41) is 3.24. The Morgan fingerprint density at radius 3 is 2.00 bits per heavy atom. The number of alkyl halides is 3. The van der Waals surface area contributed by atoms with Crippen molar-refractivity contribution >= 4 is 0 Å². The van der Waals surface area contributed by atoms with E-state index < -0.39 is 11.7 Å². The first-order valence-electron chi connectivity index (χ1n) is 7.25. The molecule has 0 spiro atoms. The Labute approximate surface area is 123 Å². The van der Waals surface area contributed by atoms with Gasteiger partial charge in [-0.3, -0.25) is 0 Å². The van der Waals surface area contributed by atoms with E-state index in [2.05, 4.69) is 12.2 Å². The summed E-state index contributed by atoms with van der Waals surface area (Å²) < 4.78 is 43.8. The molecule has 1 aliphatic rings. The van der Waals surface area contributed by atoms with Gasteiger partial charge in [-0.25, -0.2) is 0 Å². The molecule has 1 saturated heterocycles. The second kappa shape index (κ2) is 5.97. The van der Waals surface area contributed by atoms with Gasteiger partial charge in [-0.15, -0.1) is 0 Å². The molecular weight excluding hydrogens is 279 g/mol. The minimum Gasteiger partial charge on any atom is -0.375 e. The number of hydrogen-bond acceptors (Lipinski definition) is 2. The quantitative estimate of drug-likeness (QED) is 0.910. The van der Waals surface area contributed by atoms with E-state index in [1.165, 1.54) is 0 Å². The molecule has 1 heterocycles. The van der Waals surface area contributed by atoms with Gasteiger partial charge in [0.15, 0.2) is 0 Å². The molecular formula is C16H22F3NO. The average molecular weight is 301 g/mol.